The lowest BCUT2D eigenvalue weighted by atomic mass is 9.96. The van der Waals surface area contributed by atoms with Crippen LogP contribution >= 0.6 is 15.9 Å². The Balaban J connectivity index is 3.10. The Bertz CT molecular complexity index is 129. The molecule has 0 aliphatic heterocycles. The van der Waals surface area contributed by atoms with Crippen LogP contribution in [-0.4, -0.2) is 5.33 Å². The smallest absolute Gasteiger partial charge is 0.00313 e. The van der Waals surface area contributed by atoms with Crippen molar-refractivity contribution in [2.75, 3.05) is 5.33 Å². The summed E-state index contributed by atoms with van der Waals surface area (Å²) in [4.78, 5) is 0. The topological polar surface area (TPSA) is 0 Å². The molecule has 0 rings (SSSR count). The van der Waals surface area contributed by atoms with E-state index in [0.717, 1.165) is 5.92 Å². The molecule has 1 heteroatoms. The maximum Gasteiger partial charge on any atom is 0.00313 e. The third kappa shape index (κ3) is 14.5. The lowest BCUT2D eigenvalue weighted by molar-refractivity contribution is 0.432. The summed E-state index contributed by atoms with van der Waals surface area (Å²) in [5, 5.41) is 1.18. The van der Waals surface area contributed by atoms with E-state index in [1.54, 1.807) is 0 Å². The van der Waals surface area contributed by atoms with Gasteiger partial charge in [0.1, 0.15) is 0 Å². The van der Waals surface area contributed by atoms with Crippen LogP contribution in [0.25, 0.3) is 0 Å². The second kappa shape index (κ2) is 15.5. The average Bonchev–Trinajstić information content (AvgIpc) is 2.38. The van der Waals surface area contributed by atoms with Crippen LogP contribution in [0, 0.1) is 5.92 Å². The Hall–Kier alpha value is 0.480. The zero-order chi connectivity index (χ0) is 13.5. The molecule has 0 N–H and O–H groups in total. The summed E-state index contributed by atoms with van der Waals surface area (Å²) in [6, 6.07) is 0. The highest BCUT2D eigenvalue weighted by Gasteiger charge is 2.01. The Kier molecular flexibility index (Phi) is 16.0. The van der Waals surface area contributed by atoms with Crippen molar-refractivity contribution in [3.8, 4) is 0 Å². The van der Waals surface area contributed by atoms with Gasteiger partial charge in [-0.15, -0.1) is 0 Å². The first-order valence-electron chi connectivity index (χ1n) is 8.37. The highest BCUT2D eigenvalue weighted by Crippen LogP contribution is 2.18. The van der Waals surface area contributed by atoms with Gasteiger partial charge in [-0.2, -0.15) is 0 Å². The SMILES string of the molecule is CCCCCCCCC(C)CCCCCCCBr. The van der Waals surface area contributed by atoms with Gasteiger partial charge in [0.15, 0.2) is 0 Å². The number of hydrogen-bond acceptors (Lipinski definition) is 0. The molecule has 0 aliphatic carbocycles. The Morgan fingerprint density at radius 3 is 1.61 bits per heavy atom. The van der Waals surface area contributed by atoms with Gasteiger partial charge in [-0.1, -0.05) is 107 Å². The van der Waals surface area contributed by atoms with Gasteiger partial charge in [0.05, 0.1) is 0 Å². The molecule has 0 aromatic carbocycles. The van der Waals surface area contributed by atoms with E-state index in [2.05, 4.69) is 29.8 Å². The molecule has 0 bridgehead atoms. The first-order valence-corrected chi connectivity index (χ1v) is 9.49. The van der Waals surface area contributed by atoms with E-state index in [-0.39, 0.29) is 0 Å². The number of rotatable bonds is 14. The second-order valence-corrected chi connectivity index (χ2v) is 6.70. The van der Waals surface area contributed by atoms with E-state index in [1.165, 1.54) is 88.8 Å². The van der Waals surface area contributed by atoms with E-state index in [4.69, 9.17) is 0 Å². The van der Waals surface area contributed by atoms with Gasteiger partial charge in [-0.25, -0.2) is 0 Å². The normalized spacial score (nSPS) is 12.8. The Morgan fingerprint density at radius 2 is 1.11 bits per heavy atom. The van der Waals surface area contributed by atoms with Gasteiger partial charge in [0, 0.05) is 5.33 Å². The fraction of sp³-hybridized carbons (Fsp3) is 1.00. The summed E-state index contributed by atoms with van der Waals surface area (Å²) in [5.41, 5.74) is 0. The first-order chi connectivity index (χ1) is 8.81. The standard InChI is InChI=1S/C17H35Br/c1-3-4-5-6-8-11-14-17(2)15-12-9-7-10-13-16-18/h17H,3-16H2,1-2H3. The molecule has 0 fully saturated rings. The molecule has 1 atom stereocenters. The molecule has 0 aliphatic rings. The van der Waals surface area contributed by atoms with Gasteiger partial charge in [-0.05, 0) is 12.3 Å². The lowest BCUT2D eigenvalue weighted by Gasteiger charge is -2.10. The highest BCUT2D eigenvalue weighted by atomic mass is 79.9. The zero-order valence-electron chi connectivity index (χ0n) is 12.9. The minimum Gasteiger partial charge on any atom is -0.0928 e. The van der Waals surface area contributed by atoms with Crippen molar-refractivity contribution in [3.63, 3.8) is 0 Å². The second-order valence-electron chi connectivity index (χ2n) is 5.91. The fourth-order valence-electron chi connectivity index (χ4n) is 2.54. The predicted molar refractivity (Wildman–Crippen MR) is 88.7 cm³/mol. The summed E-state index contributed by atoms with van der Waals surface area (Å²) in [6.07, 6.45) is 18.7. The van der Waals surface area contributed by atoms with Crippen molar-refractivity contribution in [1.82, 2.24) is 0 Å². The van der Waals surface area contributed by atoms with E-state index >= 15 is 0 Å². The molecule has 0 heterocycles. The van der Waals surface area contributed by atoms with Crippen LogP contribution in [0.3, 0.4) is 0 Å². The largest absolute Gasteiger partial charge is 0.0928 e. The number of unbranched alkanes of at least 4 members (excludes halogenated alkanes) is 9. The van der Waals surface area contributed by atoms with Gasteiger partial charge < -0.3 is 0 Å². The van der Waals surface area contributed by atoms with Gasteiger partial charge in [-0.3, -0.25) is 0 Å². The summed E-state index contributed by atoms with van der Waals surface area (Å²) in [5.74, 6) is 0.965. The predicted octanol–water partition coefficient (Wildman–Crippen LogP) is 7.11. The van der Waals surface area contributed by atoms with Crippen LogP contribution in [0.2, 0.25) is 0 Å². The number of hydrogen-bond donors (Lipinski definition) is 0. The number of halogens is 1. The lowest BCUT2D eigenvalue weighted by Crippen LogP contribution is -1.95. The average molecular weight is 319 g/mol. The molecule has 0 amide bonds. The van der Waals surface area contributed by atoms with Crippen molar-refractivity contribution >= 4 is 15.9 Å². The van der Waals surface area contributed by atoms with E-state index in [1.807, 2.05) is 0 Å². The third-order valence-electron chi connectivity index (χ3n) is 3.88. The van der Waals surface area contributed by atoms with Crippen LogP contribution in [0.4, 0.5) is 0 Å². The van der Waals surface area contributed by atoms with Crippen molar-refractivity contribution in [2.24, 2.45) is 5.92 Å². The van der Waals surface area contributed by atoms with E-state index < -0.39 is 0 Å². The van der Waals surface area contributed by atoms with Crippen LogP contribution in [-0.2, 0) is 0 Å². The Labute approximate surface area is 124 Å². The van der Waals surface area contributed by atoms with Crippen LogP contribution in [0.1, 0.15) is 97.3 Å². The molecule has 0 spiro atoms. The molecule has 0 saturated carbocycles. The third-order valence-corrected chi connectivity index (χ3v) is 4.44. The highest BCUT2D eigenvalue weighted by molar-refractivity contribution is 9.09. The summed E-state index contributed by atoms with van der Waals surface area (Å²) in [7, 11) is 0. The summed E-state index contributed by atoms with van der Waals surface area (Å²) >= 11 is 3.49. The molecule has 1 unspecified atom stereocenters. The summed E-state index contributed by atoms with van der Waals surface area (Å²) in [6.45, 7) is 4.74. The van der Waals surface area contributed by atoms with Crippen molar-refractivity contribution in [2.45, 2.75) is 97.3 Å². The van der Waals surface area contributed by atoms with Crippen molar-refractivity contribution in [3.05, 3.63) is 0 Å². The molecule has 0 aromatic rings. The van der Waals surface area contributed by atoms with Crippen LogP contribution < -0.4 is 0 Å². The fourth-order valence-corrected chi connectivity index (χ4v) is 2.93. The first kappa shape index (κ1) is 18.5. The zero-order valence-corrected chi connectivity index (χ0v) is 14.4. The Morgan fingerprint density at radius 1 is 0.667 bits per heavy atom. The van der Waals surface area contributed by atoms with E-state index in [0.29, 0.717) is 0 Å². The molecule has 0 nitrogen and oxygen atoms in total. The molecular formula is C17H35Br. The summed E-state index contributed by atoms with van der Waals surface area (Å²) < 4.78 is 0. The quantitative estimate of drug-likeness (QED) is 0.236. The minimum atomic E-state index is 0.965. The monoisotopic (exact) mass is 318 g/mol. The molecule has 0 saturated heterocycles. The van der Waals surface area contributed by atoms with Crippen molar-refractivity contribution in [1.29, 1.82) is 0 Å². The van der Waals surface area contributed by atoms with Gasteiger partial charge in [0.25, 0.3) is 0 Å². The van der Waals surface area contributed by atoms with Crippen LogP contribution in [0.5, 0.6) is 0 Å². The van der Waals surface area contributed by atoms with Crippen LogP contribution in [0.15, 0.2) is 0 Å². The minimum absolute atomic E-state index is 0.965. The maximum atomic E-state index is 3.49. The van der Waals surface area contributed by atoms with E-state index in [9.17, 15) is 0 Å². The molecular weight excluding hydrogens is 284 g/mol. The van der Waals surface area contributed by atoms with Gasteiger partial charge in [0.2, 0.25) is 0 Å². The maximum absolute atomic E-state index is 3.49. The molecule has 0 radical (unpaired) electrons. The van der Waals surface area contributed by atoms with Crippen molar-refractivity contribution < 1.29 is 0 Å². The molecule has 110 valence electrons. The molecule has 18 heavy (non-hydrogen) atoms. The molecule has 0 aromatic heterocycles. The van der Waals surface area contributed by atoms with Gasteiger partial charge >= 0.3 is 0 Å². The number of alkyl halides is 1.